The van der Waals surface area contributed by atoms with E-state index in [0.29, 0.717) is 30.6 Å². The van der Waals surface area contributed by atoms with Crippen LogP contribution in [0.15, 0.2) is 11.6 Å². The zero-order valence-corrected chi connectivity index (χ0v) is 28.6. The number of aliphatic hydroxyl groups is 4. The molecule has 0 aromatic heterocycles. The molecule has 3 aliphatic heterocycles. The first-order valence-electron chi connectivity index (χ1n) is 18.1. The van der Waals surface area contributed by atoms with Crippen molar-refractivity contribution in [2.45, 2.75) is 146 Å². The van der Waals surface area contributed by atoms with E-state index in [0.717, 1.165) is 63.4 Å². The van der Waals surface area contributed by atoms with Crippen LogP contribution in [0, 0.1) is 34.0 Å². The van der Waals surface area contributed by atoms with Gasteiger partial charge in [-0.3, -0.25) is 4.79 Å². The van der Waals surface area contributed by atoms with Crippen LogP contribution < -0.4 is 0 Å². The van der Waals surface area contributed by atoms with Crippen molar-refractivity contribution in [3.05, 3.63) is 11.6 Å². The summed E-state index contributed by atoms with van der Waals surface area (Å²) in [6, 6.07) is 0. The summed E-state index contributed by atoms with van der Waals surface area (Å²) in [5, 5.41) is 40.4. The molecule has 0 radical (unpaired) electrons. The van der Waals surface area contributed by atoms with E-state index in [9.17, 15) is 30.0 Å². The SMILES string of the molecule is CO[C@@H]1CC(O[C@H]2CC[C@@]3(C)[C@H](CC[C@@]45CC[C@H](C6=CC(=O)OC6)[C@@](C)(CC[C@@H]43)C5=O)C2)O[C@H](C)[C@@H]1O[C@@H]1O[C@H](CO)[C@@H](O)[C@H](O)[C@H]1O. The minimum Gasteiger partial charge on any atom is -0.458 e. The molecule has 4 saturated carbocycles. The molecule has 0 aromatic carbocycles. The third kappa shape index (κ3) is 5.53. The van der Waals surface area contributed by atoms with Gasteiger partial charge in [-0.05, 0) is 93.5 Å². The highest BCUT2D eigenvalue weighted by Gasteiger charge is 2.68. The first kappa shape index (κ1) is 34.9. The van der Waals surface area contributed by atoms with Crippen LogP contribution >= 0.6 is 0 Å². The van der Waals surface area contributed by atoms with E-state index in [2.05, 4.69) is 13.8 Å². The van der Waals surface area contributed by atoms with Gasteiger partial charge in [0.1, 0.15) is 42.9 Å². The van der Waals surface area contributed by atoms with Crippen LogP contribution in [0.3, 0.4) is 0 Å². The molecular formula is C36H54O12. The Kier molecular flexibility index (Phi) is 9.42. The molecule has 1 spiro atoms. The number of esters is 1. The molecule has 0 amide bonds. The van der Waals surface area contributed by atoms with Crippen LogP contribution in [0.5, 0.6) is 0 Å². The number of hydrogen-bond acceptors (Lipinski definition) is 12. The normalized spacial score (nSPS) is 52.2. The number of aliphatic hydroxyl groups excluding tert-OH is 4. The zero-order valence-electron chi connectivity index (χ0n) is 28.6. The molecule has 7 rings (SSSR count). The van der Waals surface area contributed by atoms with E-state index in [1.54, 1.807) is 13.2 Å². The number of methoxy groups -OCH3 is 1. The summed E-state index contributed by atoms with van der Waals surface area (Å²) in [6.45, 7) is 6.20. The predicted octanol–water partition coefficient (Wildman–Crippen LogP) is 2.17. The summed E-state index contributed by atoms with van der Waals surface area (Å²) in [7, 11) is 1.58. The van der Waals surface area contributed by atoms with Gasteiger partial charge in [0.05, 0.1) is 24.9 Å². The molecule has 2 saturated heterocycles. The summed E-state index contributed by atoms with van der Waals surface area (Å²) >= 11 is 0. The minimum absolute atomic E-state index is 0.0156. The second-order valence-electron chi connectivity index (χ2n) is 16.3. The monoisotopic (exact) mass is 678 g/mol. The Bertz CT molecular complexity index is 1270. The Labute approximate surface area is 282 Å². The van der Waals surface area contributed by atoms with E-state index in [1.807, 2.05) is 6.92 Å². The zero-order chi connectivity index (χ0) is 34.2. The van der Waals surface area contributed by atoms with Crippen LogP contribution in [-0.2, 0) is 38.0 Å². The highest BCUT2D eigenvalue weighted by molar-refractivity contribution is 5.93. The first-order chi connectivity index (χ1) is 22.8. The van der Waals surface area contributed by atoms with Gasteiger partial charge in [0, 0.05) is 30.4 Å². The minimum atomic E-state index is -1.53. The lowest BCUT2D eigenvalue weighted by atomic mass is 9.37. The van der Waals surface area contributed by atoms with Gasteiger partial charge in [0.15, 0.2) is 12.6 Å². The molecule has 2 bridgehead atoms. The van der Waals surface area contributed by atoms with E-state index in [1.165, 1.54) is 0 Å². The Balaban J connectivity index is 0.980. The highest BCUT2D eigenvalue weighted by atomic mass is 16.7. The summed E-state index contributed by atoms with van der Waals surface area (Å²) < 4.78 is 35.6. The number of rotatable bonds is 7. The van der Waals surface area contributed by atoms with Gasteiger partial charge >= 0.3 is 5.97 Å². The number of carbonyl (C=O) groups is 2. The molecule has 48 heavy (non-hydrogen) atoms. The highest BCUT2D eigenvalue weighted by Crippen LogP contribution is 2.70. The lowest BCUT2D eigenvalue weighted by Gasteiger charge is -2.66. The summed E-state index contributed by atoms with van der Waals surface area (Å²) in [4.78, 5) is 26.4. The molecular weight excluding hydrogens is 624 g/mol. The number of Topliss-reactive ketones (excluding diaryl/α,β-unsaturated/α-hetero) is 1. The van der Waals surface area contributed by atoms with Crippen LogP contribution in [0.2, 0.25) is 0 Å². The van der Waals surface area contributed by atoms with Gasteiger partial charge in [-0.15, -0.1) is 0 Å². The molecule has 12 heteroatoms. The van der Waals surface area contributed by atoms with Gasteiger partial charge in [0.2, 0.25) is 0 Å². The van der Waals surface area contributed by atoms with E-state index in [-0.39, 0.29) is 28.8 Å². The van der Waals surface area contributed by atoms with Gasteiger partial charge in [-0.1, -0.05) is 13.8 Å². The van der Waals surface area contributed by atoms with Crippen molar-refractivity contribution in [2.24, 2.45) is 34.0 Å². The molecule has 12 nitrogen and oxygen atoms in total. The van der Waals surface area contributed by atoms with Crippen LogP contribution in [-0.4, -0.2) is 114 Å². The molecule has 270 valence electrons. The number of fused-ring (bicyclic) bond motifs is 3. The molecule has 6 fully saturated rings. The van der Waals surface area contributed by atoms with Gasteiger partial charge in [-0.2, -0.15) is 0 Å². The summed E-state index contributed by atoms with van der Waals surface area (Å²) in [5.74, 6) is 1.04. The third-order valence-electron chi connectivity index (χ3n) is 14.0. The molecule has 7 aliphatic rings. The van der Waals surface area contributed by atoms with Gasteiger partial charge in [0.25, 0.3) is 0 Å². The first-order valence-corrected chi connectivity index (χ1v) is 18.1. The van der Waals surface area contributed by atoms with Crippen molar-refractivity contribution in [1.29, 1.82) is 0 Å². The Morgan fingerprint density at radius 2 is 1.69 bits per heavy atom. The van der Waals surface area contributed by atoms with Crippen molar-refractivity contribution in [1.82, 2.24) is 0 Å². The molecule has 16 atom stereocenters. The molecule has 4 aliphatic carbocycles. The number of carbonyl (C=O) groups excluding carboxylic acids is 2. The smallest absolute Gasteiger partial charge is 0.331 e. The molecule has 0 aromatic rings. The van der Waals surface area contributed by atoms with Crippen LogP contribution in [0.1, 0.15) is 85.0 Å². The van der Waals surface area contributed by atoms with Crippen LogP contribution in [0.25, 0.3) is 0 Å². The topological polar surface area (TPSA) is 170 Å². The lowest BCUT2D eigenvalue weighted by Crippen LogP contribution is -2.64. The van der Waals surface area contributed by atoms with Crippen molar-refractivity contribution < 1.29 is 58.4 Å². The Morgan fingerprint density at radius 1 is 0.917 bits per heavy atom. The number of ketones is 1. The summed E-state index contributed by atoms with van der Waals surface area (Å²) in [5.41, 5.74) is 0.350. The van der Waals surface area contributed by atoms with Crippen molar-refractivity contribution in [3.8, 4) is 0 Å². The van der Waals surface area contributed by atoms with Crippen LogP contribution in [0.4, 0.5) is 0 Å². The summed E-state index contributed by atoms with van der Waals surface area (Å²) in [6.07, 6.45) is 1.50. The average Bonchev–Trinajstić information content (AvgIpc) is 3.49. The third-order valence-corrected chi connectivity index (χ3v) is 14.0. The number of cyclic esters (lactones) is 1. The molecule has 3 heterocycles. The quantitative estimate of drug-likeness (QED) is 0.229. The van der Waals surface area contributed by atoms with E-state index >= 15 is 0 Å². The maximum Gasteiger partial charge on any atom is 0.331 e. The largest absolute Gasteiger partial charge is 0.458 e. The number of hydrogen-bond donors (Lipinski definition) is 4. The predicted molar refractivity (Wildman–Crippen MR) is 168 cm³/mol. The maximum atomic E-state index is 14.5. The second kappa shape index (κ2) is 12.9. The molecule has 4 N–H and O–H groups in total. The Morgan fingerprint density at radius 3 is 2.40 bits per heavy atom. The van der Waals surface area contributed by atoms with Crippen molar-refractivity contribution in [2.75, 3.05) is 20.3 Å². The second-order valence-corrected chi connectivity index (χ2v) is 16.3. The van der Waals surface area contributed by atoms with Gasteiger partial charge in [-0.25, -0.2) is 4.79 Å². The van der Waals surface area contributed by atoms with E-state index < -0.39 is 67.3 Å². The van der Waals surface area contributed by atoms with Crippen molar-refractivity contribution in [3.63, 3.8) is 0 Å². The average molecular weight is 679 g/mol. The fraction of sp³-hybridized carbons (Fsp3) is 0.889. The standard InChI is InChI=1S/C36H54O12/c1-18-31(48-32-30(41)29(40)28(39)24(16-37)47-32)23(43-4)15-27(45-18)46-21-6-9-34(2)20(14-21)5-11-36-12-7-22(19-13-26(38)44-17-19)35(3,33(36)42)10-8-25(34)36/h13,18,20-25,27-32,37,39-41H,5-12,14-17H2,1-4H3/t18-,20-,21+,22-,23-,24-,25-,27?,28-,29+,30-,31+,32+,34+,35-,36-/m1/s1. The van der Waals surface area contributed by atoms with E-state index in [4.69, 9.17) is 28.4 Å². The van der Waals surface area contributed by atoms with Crippen molar-refractivity contribution >= 4 is 11.8 Å². The Hall–Kier alpha value is -1.48. The van der Waals surface area contributed by atoms with Gasteiger partial charge < -0.3 is 48.8 Å². The molecule has 1 unspecified atom stereocenters. The lowest BCUT2D eigenvalue weighted by molar-refractivity contribution is -0.345. The maximum absolute atomic E-state index is 14.5. The number of ether oxygens (including phenoxy) is 6. The fourth-order valence-corrected chi connectivity index (χ4v) is 11.4. The fourth-order valence-electron chi connectivity index (χ4n) is 11.4.